The van der Waals surface area contributed by atoms with Crippen LogP contribution in [-0.2, 0) is 9.59 Å². The quantitative estimate of drug-likeness (QED) is 0.665. The zero-order valence-corrected chi connectivity index (χ0v) is 10.2. The van der Waals surface area contributed by atoms with Crippen LogP contribution in [0.1, 0.15) is 39.0 Å². The van der Waals surface area contributed by atoms with Gasteiger partial charge in [0.15, 0.2) is 0 Å². The highest BCUT2D eigenvalue weighted by atomic mass is 16.4. The maximum absolute atomic E-state index is 11.8. The van der Waals surface area contributed by atoms with Crippen LogP contribution in [0.2, 0.25) is 0 Å². The molecule has 3 N–H and O–H groups in total. The lowest BCUT2D eigenvalue weighted by Crippen LogP contribution is -2.40. The van der Waals surface area contributed by atoms with E-state index in [1.54, 1.807) is 6.92 Å². The van der Waals surface area contributed by atoms with E-state index in [4.69, 9.17) is 10.2 Å². The molecule has 98 valence electrons. The molecular weight excluding hydrogens is 222 g/mol. The Labute approximate surface area is 101 Å². The number of amides is 1. The molecule has 1 rings (SSSR count). The maximum atomic E-state index is 11.8. The van der Waals surface area contributed by atoms with Crippen LogP contribution in [0.15, 0.2) is 0 Å². The van der Waals surface area contributed by atoms with Gasteiger partial charge in [0, 0.05) is 6.54 Å². The Morgan fingerprint density at radius 2 is 1.88 bits per heavy atom. The molecule has 3 unspecified atom stereocenters. The summed E-state index contributed by atoms with van der Waals surface area (Å²) in [5.74, 6) is -2.01. The fraction of sp³-hybridized carbons (Fsp3) is 0.833. The zero-order valence-electron chi connectivity index (χ0n) is 10.2. The van der Waals surface area contributed by atoms with Crippen LogP contribution in [0.4, 0.5) is 0 Å². The van der Waals surface area contributed by atoms with E-state index in [1.807, 2.05) is 0 Å². The normalized spacial score (nSPS) is 26.2. The van der Waals surface area contributed by atoms with E-state index in [0.29, 0.717) is 25.8 Å². The van der Waals surface area contributed by atoms with Crippen molar-refractivity contribution in [2.75, 3.05) is 6.54 Å². The van der Waals surface area contributed by atoms with Crippen molar-refractivity contribution in [1.29, 1.82) is 0 Å². The summed E-state index contributed by atoms with van der Waals surface area (Å²) in [5, 5.41) is 20.8. The molecule has 0 bridgehead atoms. The third kappa shape index (κ3) is 4.34. The third-order valence-corrected chi connectivity index (χ3v) is 3.28. The van der Waals surface area contributed by atoms with Crippen molar-refractivity contribution in [1.82, 2.24) is 5.32 Å². The summed E-state index contributed by atoms with van der Waals surface area (Å²) in [6, 6.07) is 0. The summed E-state index contributed by atoms with van der Waals surface area (Å²) in [4.78, 5) is 22.9. The molecule has 1 aliphatic carbocycles. The van der Waals surface area contributed by atoms with Gasteiger partial charge in [-0.25, -0.2) is 0 Å². The lowest BCUT2D eigenvalue weighted by atomic mass is 9.78. The van der Waals surface area contributed by atoms with Crippen LogP contribution in [0.5, 0.6) is 0 Å². The van der Waals surface area contributed by atoms with Gasteiger partial charge in [0.2, 0.25) is 5.91 Å². The number of aliphatic carboxylic acids is 1. The molecule has 0 aromatic carbocycles. The average Bonchev–Trinajstić information content (AvgIpc) is 2.28. The fourth-order valence-electron chi connectivity index (χ4n) is 2.28. The number of rotatable bonds is 5. The van der Waals surface area contributed by atoms with Gasteiger partial charge < -0.3 is 15.5 Å². The minimum atomic E-state index is -0.875. The van der Waals surface area contributed by atoms with Crippen LogP contribution >= 0.6 is 0 Å². The highest BCUT2D eigenvalue weighted by molar-refractivity contribution is 5.84. The second kappa shape index (κ2) is 6.59. The van der Waals surface area contributed by atoms with Gasteiger partial charge in [0.25, 0.3) is 0 Å². The smallest absolute Gasteiger partial charge is 0.307 e. The molecule has 5 heteroatoms. The van der Waals surface area contributed by atoms with Crippen molar-refractivity contribution in [3.63, 3.8) is 0 Å². The topological polar surface area (TPSA) is 86.6 Å². The predicted molar refractivity (Wildman–Crippen MR) is 62.4 cm³/mol. The van der Waals surface area contributed by atoms with Gasteiger partial charge in [0.05, 0.1) is 17.9 Å². The lowest BCUT2D eigenvalue weighted by molar-refractivity contribution is -0.148. The number of nitrogens with one attached hydrogen (secondary N) is 1. The molecule has 17 heavy (non-hydrogen) atoms. The molecule has 0 aliphatic heterocycles. The Morgan fingerprint density at radius 1 is 1.29 bits per heavy atom. The van der Waals surface area contributed by atoms with Gasteiger partial charge in [-0.2, -0.15) is 0 Å². The number of carbonyl (C=O) groups is 2. The second-order valence-electron chi connectivity index (χ2n) is 4.76. The lowest BCUT2D eigenvalue weighted by Gasteiger charge is -2.27. The van der Waals surface area contributed by atoms with E-state index < -0.39 is 23.9 Å². The van der Waals surface area contributed by atoms with E-state index in [0.717, 1.165) is 12.8 Å². The first-order valence-electron chi connectivity index (χ1n) is 6.21. The number of aliphatic hydroxyl groups is 1. The summed E-state index contributed by atoms with van der Waals surface area (Å²) >= 11 is 0. The van der Waals surface area contributed by atoms with Crippen molar-refractivity contribution in [2.45, 2.75) is 45.1 Å². The van der Waals surface area contributed by atoms with Crippen molar-refractivity contribution in [2.24, 2.45) is 11.8 Å². The van der Waals surface area contributed by atoms with Crippen molar-refractivity contribution in [3.8, 4) is 0 Å². The molecule has 0 aromatic rings. The fourth-order valence-corrected chi connectivity index (χ4v) is 2.28. The first-order valence-corrected chi connectivity index (χ1v) is 6.21. The van der Waals surface area contributed by atoms with Crippen LogP contribution in [0.25, 0.3) is 0 Å². The molecule has 0 heterocycles. The molecule has 0 aromatic heterocycles. The van der Waals surface area contributed by atoms with Crippen molar-refractivity contribution in [3.05, 3.63) is 0 Å². The summed E-state index contributed by atoms with van der Waals surface area (Å²) in [5.41, 5.74) is 0. The van der Waals surface area contributed by atoms with Gasteiger partial charge in [-0.15, -0.1) is 0 Å². The largest absolute Gasteiger partial charge is 0.481 e. The predicted octanol–water partition coefficient (Wildman–Crippen LogP) is 0.764. The molecule has 1 aliphatic rings. The minimum absolute atomic E-state index is 0.183. The Bertz CT molecular complexity index is 278. The Balaban J connectivity index is 2.45. The number of hydrogen-bond donors (Lipinski definition) is 3. The standard InChI is InChI=1S/C12H21NO4/c1-8(14)6-7-13-11(15)9-4-2-3-5-10(9)12(16)17/h8-10,14H,2-7H2,1H3,(H,13,15)(H,16,17). The number of carboxylic acids is 1. The van der Waals surface area contributed by atoms with Gasteiger partial charge in [-0.3, -0.25) is 9.59 Å². The number of hydrogen-bond acceptors (Lipinski definition) is 3. The molecular formula is C12H21NO4. The Hall–Kier alpha value is -1.10. The Morgan fingerprint density at radius 3 is 2.41 bits per heavy atom. The molecule has 5 nitrogen and oxygen atoms in total. The summed E-state index contributed by atoms with van der Waals surface area (Å²) in [6.07, 6.45) is 3.08. The summed E-state index contributed by atoms with van der Waals surface area (Å²) in [6.45, 7) is 2.06. The van der Waals surface area contributed by atoms with Crippen LogP contribution in [-0.4, -0.2) is 34.7 Å². The number of aliphatic hydroxyl groups excluding tert-OH is 1. The van der Waals surface area contributed by atoms with E-state index in [1.165, 1.54) is 0 Å². The third-order valence-electron chi connectivity index (χ3n) is 3.28. The maximum Gasteiger partial charge on any atom is 0.307 e. The molecule has 1 fully saturated rings. The van der Waals surface area contributed by atoms with Crippen LogP contribution < -0.4 is 5.32 Å². The monoisotopic (exact) mass is 243 g/mol. The van der Waals surface area contributed by atoms with E-state index >= 15 is 0 Å². The molecule has 0 radical (unpaired) electrons. The molecule has 3 atom stereocenters. The number of carboxylic acid groups (broad SMARTS) is 1. The first-order chi connectivity index (χ1) is 8.02. The zero-order chi connectivity index (χ0) is 12.8. The van der Waals surface area contributed by atoms with Gasteiger partial charge in [-0.1, -0.05) is 12.8 Å². The summed E-state index contributed by atoms with van der Waals surface area (Å²) < 4.78 is 0. The van der Waals surface area contributed by atoms with E-state index in [-0.39, 0.29) is 5.91 Å². The molecule has 1 amide bonds. The van der Waals surface area contributed by atoms with Gasteiger partial charge in [-0.05, 0) is 26.2 Å². The van der Waals surface area contributed by atoms with Crippen LogP contribution in [0.3, 0.4) is 0 Å². The van der Waals surface area contributed by atoms with Crippen LogP contribution in [0, 0.1) is 11.8 Å². The number of carbonyl (C=O) groups excluding carboxylic acids is 1. The highest BCUT2D eigenvalue weighted by Gasteiger charge is 2.35. The highest BCUT2D eigenvalue weighted by Crippen LogP contribution is 2.30. The van der Waals surface area contributed by atoms with Gasteiger partial charge in [0.1, 0.15) is 0 Å². The second-order valence-corrected chi connectivity index (χ2v) is 4.76. The Kier molecular flexibility index (Phi) is 5.41. The van der Waals surface area contributed by atoms with Crippen molar-refractivity contribution < 1.29 is 19.8 Å². The van der Waals surface area contributed by atoms with E-state index in [2.05, 4.69) is 5.32 Å². The molecule has 0 spiro atoms. The van der Waals surface area contributed by atoms with E-state index in [9.17, 15) is 9.59 Å². The van der Waals surface area contributed by atoms with Crippen molar-refractivity contribution >= 4 is 11.9 Å². The molecule has 0 saturated heterocycles. The summed E-state index contributed by atoms with van der Waals surface area (Å²) in [7, 11) is 0. The average molecular weight is 243 g/mol. The SMILES string of the molecule is CC(O)CCNC(=O)C1CCCCC1C(=O)O. The molecule has 1 saturated carbocycles. The minimum Gasteiger partial charge on any atom is -0.481 e. The first kappa shape index (κ1) is 14.0. The van der Waals surface area contributed by atoms with Gasteiger partial charge >= 0.3 is 5.97 Å².